The number of aromatic nitrogens is 3. The smallest absolute Gasteiger partial charge is 0.255 e. The Morgan fingerprint density at radius 3 is 2.20 bits per heavy atom. The van der Waals surface area contributed by atoms with Gasteiger partial charge in [-0.3, -0.25) is 14.6 Å². The van der Waals surface area contributed by atoms with E-state index in [0.717, 1.165) is 87.4 Å². The maximum atomic E-state index is 13.4. The molecule has 0 spiro atoms. The number of anilines is 3. The highest BCUT2D eigenvalue weighted by Crippen LogP contribution is 2.30. The first kappa shape index (κ1) is 38.4. The van der Waals surface area contributed by atoms with Crippen LogP contribution in [0.25, 0.3) is 10.9 Å². The minimum absolute atomic E-state index is 0.00737. The van der Waals surface area contributed by atoms with E-state index in [-0.39, 0.29) is 23.8 Å². The van der Waals surface area contributed by atoms with Gasteiger partial charge in [0.1, 0.15) is 11.6 Å². The third-order valence-electron chi connectivity index (χ3n) is 9.42. The second-order valence-corrected chi connectivity index (χ2v) is 13.7. The molecular formula is C39H57N7O5. The van der Waals surface area contributed by atoms with Gasteiger partial charge in [-0.2, -0.15) is 0 Å². The van der Waals surface area contributed by atoms with E-state index in [1.54, 1.807) is 18.6 Å². The third kappa shape index (κ3) is 13.6. The molecule has 0 radical (unpaired) electrons. The summed E-state index contributed by atoms with van der Waals surface area (Å²) in [5.74, 6) is 1.26. The zero-order valence-corrected chi connectivity index (χ0v) is 30.3. The van der Waals surface area contributed by atoms with Gasteiger partial charge in [0.2, 0.25) is 5.91 Å². The molecule has 0 saturated heterocycles. The van der Waals surface area contributed by atoms with E-state index in [1.807, 2.05) is 24.3 Å². The summed E-state index contributed by atoms with van der Waals surface area (Å²) in [5.41, 5.74) is 2.13. The molecule has 12 nitrogen and oxygen atoms in total. The Hall–Kier alpha value is -3.87. The van der Waals surface area contributed by atoms with Crippen LogP contribution in [0.4, 0.5) is 17.3 Å². The van der Waals surface area contributed by atoms with Crippen LogP contribution in [0.15, 0.2) is 42.9 Å². The summed E-state index contributed by atoms with van der Waals surface area (Å²) in [5, 5.41) is 14.1. The molecule has 2 saturated carbocycles. The maximum absolute atomic E-state index is 13.4. The van der Waals surface area contributed by atoms with Crippen molar-refractivity contribution in [1.29, 1.82) is 0 Å². The molecule has 12 heteroatoms. The van der Waals surface area contributed by atoms with Crippen molar-refractivity contribution >= 4 is 40.0 Å². The van der Waals surface area contributed by atoms with Crippen molar-refractivity contribution < 1.29 is 23.8 Å². The van der Waals surface area contributed by atoms with Crippen molar-refractivity contribution in [2.24, 2.45) is 5.92 Å². The van der Waals surface area contributed by atoms with E-state index in [2.05, 4.69) is 43.1 Å². The average molecular weight is 704 g/mol. The maximum Gasteiger partial charge on any atom is 0.255 e. The summed E-state index contributed by atoms with van der Waals surface area (Å²) < 4.78 is 16.8. The molecule has 0 unspecified atom stereocenters. The quantitative estimate of drug-likeness (QED) is 0.0758. The van der Waals surface area contributed by atoms with Gasteiger partial charge in [-0.15, -0.1) is 0 Å². The number of fused-ring (bicyclic) bond motifs is 1. The standard InChI is InChI=1S/C39H57N7O5/c1-2-3-4-7-20-49-22-24-51-25-23-50-21-8-5-6-18-41-38(47)29-9-12-32(13-10-29)44-39(48)33-28-42-37(26-35(33)43-31-14-15-31)46-36-16-11-30-27-40-19-17-34(30)45-36/h11,16-17,19,26-29,31-32H,2-10,12-15,18,20-25H2,1H3,(H,41,47)(H,44,48)(H2,42,43,45,46). The Kier molecular flexibility index (Phi) is 16.2. The fourth-order valence-corrected chi connectivity index (χ4v) is 6.24. The Morgan fingerprint density at radius 1 is 0.765 bits per heavy atom. The van der Waals surface area contributed by atoms with Gasteiger partial charge in [-0.05, 0) is 82.4 Å². The van der Waals surface area contributed by atoms with E-state index < -0.39 is 0 Å². The molecule has 2 aliphatic carbocycles. The number of amides is 2. The lowest BCUT2D eigenvalue weighted by Crippen LogP contribution is -2.41. The van der Waals surface area contributed by atoms with Gasteiger partial charge in [-0.1, -0.05) is 26.2 Å². The predicted octanol–water partition coefficient (Wildman–Crippen LogP) is 6.55. The number of hydrogen-bond donors (Lipinski definition) is 4. The zero-order chi connectivity index (χ0) is 35.5. The molecule has 4 N–H and O–H groups in total. The topological polar surface area (TPSA) is 149 Å². The van der Waals surface area contributed by atoms with Crippen molar-refractivity contribution in [3.05, 3.63) is 48.4 Å². The van der Waals surface area contributed by atoms with Crippen LogP contribution in [0.5, 0.6) is 0 Å². The van der Waals surface area contributed by atoms with Gasteiger partial charge in [-0.25, -0.2) is 9.97 Å². The van der Waals surface area contributed by atoms with Crippen LogP contribution >= 0.6 is 0 Å². The average Bonchev–Trinajstić information content (AvgIpc) is 3.97. The van der Waals surface area contributed by atoms with Crippen molar-refractivity contribution in [1.82, 2.24) is 25.6 Å². The highest BCUT2D eigenvalue weighted by molar-refractivity contribution is 6.00. The minimum Gasteiger partial charge on any atom is -0.382 e. The number of unbranched alkanes of at least 4 members (excludes halogenated alkanes) is 5. The fourth-order valence-electron chi connectivity index (χ4n) is 6.24. The summed E-state index contributed by atoms with van der Waals surface area (Å²) >= 11 is 0. The number of nitrogens with one attached hydrogen (secondary N) is 4. The second kappa shape index (κ2) is 21.5. The second-order valence-electron chi connectivity index (χ2n) is 13.7. The number of hydrogen-bond acceptors (Lipinski definition) is 10. The molecule has 3 heterocycles. The summed E-state index contributed by atoms with van der Waals surface area (Å²) in [4.78, 5) is 39.6. The molecule has 51 heavy (non-hydrogen) atoms. The zero-order valence-electron chi connectivity index (χ0n) is 30.3. The molecule has 0 aliphatic heterocycles. The molecule has 278 valence electrons. The molecule has 2 fully saturated rings. The lowest BCUT2D eigenvalue weighted by atomic mass is 9.85. The highest BCUT2D eigenvalue weighted by atomic mass is 16.5. The van der Waals surface area contributed by atoms with Crippen LogP contribution in [0.2, 0.25) is 0 Å². The van der Waals surface area contributed by atoms with Crippen molar-refractivity contribution in [3.63, 3.8) is 0 Å². The molecule has 2 amide bonds. The van der Waals surface area contributed by atoms with E-state index in [0.29, 0.717) is 62.8 Å². The highest BCUT2D eigenvalue weighted by Gasteiger charge is 2.29. The Balaban J connectivity index is 0.926. The first-order chi connectivity index (χ1) is 25.1. The largest absolute Gasteiger partial charge is 0.382 e. The van der Waals surface area contributed by atoms with Crippen molar-refractivity contribution in [3.8, 4) is 0 Å². The van der Waals surface area contributed by atoms with Gasteiger partial charge < -0.3 is 35.5 Å². The number of carbonyl (C=O) groups excluding carboxylic acids is 2. The van der Waals surface area contributed by atoms with Gasteiger partial charge in [0.05, 0.1) is 43.2 Å². The third-order valence-corrected chi connectivity index (χ3v) is 9.42. The van der Waals surface area contributed by atoms with E-state index in [1.165, 1.54) is 19.3 Å². The molecule has 0 bridgehead atoms. The Labute approximate surface area is 302 Å². The first-order valence-corrected chi connectivity index (χ1v) is 19.1. The fraction of sp³-hybridized carbons (Fsp3) is 0.615. The summed E-state index contributed by atoms with van der Waals surface area (Å²) in [7, 11) is 0. The monoisotopic (exact) mass is 703 g/mol. The summed E-state index contributed by atoms with van der Waals surface area (Å²) in [6, 6.07) is 8.00. The molecular weight excluding hydrogens is 646 g/mol. The predicted molar refractivity (Wildman–Crippen MR) is 200 cm³/mol. The normalized spacial score (nSPS) is 17.3. The molecule has 2 aliphatic rings. The lowest BCUT2D eigenvalue weighted by molar-refractivity contribution is -0.126. The number of pyridine rings is 3. The van der Waals surface area contributed by atoms with E-state index in [4.69, 9.17) is 14.2 Å². The van der Waals surface area contributed by atoms with Gasteiger partial charge in [0.25, 0.3) is 5.91 Å². The van der Waals surface area contributed by atoms with Crippen LogP contribution in [0.3, 0.4) is 0 Å². The molecule has 3 aromatic rings. The number of rotatable bonds is 24. The van der Waals surface area contributed by atoms with Crippen molar-refractivity contribution in [2.75, 3.05) is 56.8 Å². The first-order valence-electron chi connectivity index (χ1n) is 19.1. The molecule has 0 atom stereocenters. The van der Waals surface area contributed by atoms with Crippen LogP contribution in [0, 0.1) is 5.92 Å². The van der Waals surface area contributed by atoms with Gasteiger partial charge >= 0.3 is 0 Å². The lowest BCUT2D eigenvalue weighted by Gasteiger charge is -2.28. The summed E-state index contributed by atoms with van der Waals surface area (Å²) in [6.45, 7) is 6.86. The van der Waals surface area contributed by atoms with Crippen LogP contribution < -0.4 is 21.3 Å². The molecule has 5 rings (SSSR count). The molecule has 3 aromatic heterocycles. The number of carbonyl (C=O) groups is 2. The molecule has 0 aromatic carbocycles. The SMILES string of the molecule is CCCCCCOCCOCCOCCCCCNC(=O)C1CCC(NC(=O)c2cnc(Nc3ccc4cnccc4n3)cc2NC2CC2)CC1. The Morgan fingerprint density at radius 2 is 1.47 bits per heavy atom. The van der Waals surface area contributed by atoms with Crippen molar-refractivity contribution in [2.45, 2.75) is 102 Å². The van der Waals surface area contributed by atoms with E-state index >= 15 is 0 Å². The van der Waals surface area contributed by atoms with Gasteiger partial charge in [0, 0.05) is 67.8 Å². The van der Waals surface area contributed by atoms with Crippen LogP contribution in [-0.2, 0) is 19.0 Å². The number of ether oxygens (including phenoxy) is 3. The van der Waals surface area contributed by atoms with Gasteiger partial charge in [0.15, 0.2) is 0 Å². The number of nitrogens with zero attached hydrogens (tertiary/aromatic N) is 3. The van der Waals surface area contributed by atoms with E-state index in [9.17, 15) is 9.59 Å². The summed E-state index contributed by atoms with van der Waals surface area (Å²) in [6.07, 6.45) is 18.2. The Bertz CT molecular complexity index is 1500. The van der Waals surface area contributed by atoms with Crippen LogP contribution in [-0.4, -0.2) is 85.0 Å². The van der Waals surface area contributed by atoms with Crippen LogP contribution in [0.1, 0.15) is 101 Å². The minimum atomic E-state index is -0.143.